The first-order chi connectivity index (χ1) is 7.99. The number of rotatable bonds is 8. The Hall–Kier alpha value is -0.873. The first kappa shape index (κ1) is 14.2. The van der Waals surface area contributed by atoms with Gasteiger partial charge in [0.2, 0.25) is 0 Å². The standard InChI is InChI=1S/C13H22O3Si/c1-17(2,3)16-11-6-4-5-8-12(14)13-9-7-10-15-13/h7,9-10H,4-6,8,11H2,1-3H3. The molecule has 0 aromatic carbocycles. The highest BCUT2D eigenvalue weighted by Crippen LogP contribution is 2.10. The van der Waals surface area contributed by atoms with Gasteiger partial charge in [0.05, 0.1) is 6.26 Å². The first-order valence-corrected chi connectivity index (χ1v) is 9.60. The molecule has 0 atom stereocenters. The predicted molar refractivity (Wildman–Crippen MR) is 70.8 cm³/mol. The largest absolute Gasteiger partial charge is 0.461 e. The Morgan fingerprint density at radius 3 is 2.65 bits per heavy atom. The van der Waals surface area contributed by atoms with E-state index in [1.807, 2.05) is 0 Å². The maximum absolute atomic E-state index is 11.6. The van der Waals surface area contributed by atoms with E-state index in [-0.39, 0.29) is 5.78 Å². The van der Waals surface area contributed by atoms with Gasteiger partial charge in [-0.3, -0.25) is 4.79 Å². The van der Waals surface area contributed by atoms with Gasteiger partial charge in [0, 0.05) is 13.0 Å². The molecule has 0 radical (unpaired) electrons. The minimum absolute atomic E-state index is 0.0983. The van der Waals surface area contributed by atoms with Crippen molar-refractivity contribution in [2.75, 3.05) is 6.61 Å². The summed E-state index contributed by atoms with van der Waals surface area (Å²) in [7, 11) is -1.36. The van der Waals surface area contributed by atoms with Crippen molar-refractivity contribution in [1.82, 2.24) is 0 Å². The molecule has 3 nitrogen and oxygen atoms in total. The summed E-state index contributed by atoms with van der Waals surface area (Å²) >= 11 is 0. The molecule has 0 aliphatic rings. The Kier molecular flexibility index (Phi) is 5.65. The fraction of sp³-hybridized carbons (Fsp3) is 0.615. The Balaban J connectivity index is 2.03. The summed E-state index contributed by atoms with van der Waals surface area (Å²) in [4.78, 5) is 11.6. The van der Waals surface area contributed by atoms with Crippen molar-refractivity contribution in [3.05, 3.63) is 24.2 Å². The van der Waals surface area contributed by atoms with Gasteiger partial charge in [0.1, 0.15) is 0 Å². The van der Waals surface area contributed by atoms with Gasteiger partial charge in [0.25, 0.3) is 0 Å². The van der Waals surface area contributed by atoms with Gasteiger partial charge in [-0.2, -0.15) is 0 Å². The number of hydrogen-bond acceptors (Lipinski definition) is 3. The third kappa shape index (κ3) is 6.43. The average Bonchev–Trinajstić information content (AvgIpc) is 2.74. The fourth-order valence-corrected chi connectivity index (χ4v) is 2.26. The molecule has 0 N–H and O–H groups in total. The van der Waals surface area contributed by atoms with E-state index in [1.54, 1.807) is 12.1 Å². The van der Waals surface area contributed by atoms with Crippen molar-refractivity contribution in [3.63, 3.8) is 0 Å². The van der Waals surface area contributed by atoms with Crippen molar-refractivity contribution in [2.24, 2.45) is 0 Å². The molecule has 96 valence electrons. The van der Waals surface area contributed by atoms with E-state index < -0.39 is 8.32 Å². The highest BCUT2D eigenvalue weighted by atomic mass is 28.4. The SMILES string of the molecule is C[Si](C)(C)OCCCCCC(=O)c1ccco1. The molecule has 0 bridgehead atoms. The van der Waals surface area contributed by atoms with E-state index in [9.17, 15) is 4.79 Å². The van der Waals surface area contributed by atoms with E-state index in [2.05, 4.69) is 19.6 Å². The van der Waals surface area contributed by atoms with Crippen LogP contribution in [0.15, 0.2) is 22.8 Å². The number of ketones is 1. The van der Waals surface area contributed by atoms with E-state index in [1.165, 1.54) is 6.26 Å². The highest BCUT2D eigenvalue weighted by Gasteiger charge is 2.13. The lowest BCUT2D eigenvalue weighted by molar-refractivity contribution is 0.0951. The lowest BCUT2D eigenvalue weighted by atomic mass is 10.1. The van der Waals surface area contributed by atoms with Crippen molar-refractivity contribution in [3.8, 4) is 0 Å². The maximum atomic E-state index is 11.6. The molecule has 1 aromatic rings. The lowest BCUT2D eigenvalue weighted by Crippen LogP contribution is -2.25. The molecule has 0 fully saturated rings. The number of carbonyl (C=O) groups excluding carboxylic acids is 1. The van der Waals surface area contributed by atoms with Gasteiger partial charge >= 0.3 is 0 Å². The molecule has 0 saturated carbocycles. The summed E-state index contributed by atoms with van der Waals surface area (Å²) in [6.07, 6.45) is 5.09. The van der Waals surface area contributed by atoms with E-state index >= 15 is 0 Å². The van der Waals surface area contributed by atoms with Gasteiger partial charge in [-0.25, -0.2) is 0 Å². The van der Waals surface area contributed by atoms with Gasteiger partial charge < -0.3 is 8.84 Å². The van der Waals surface area contributed by atoms with Gasteiger partial charge in [-0.05, 0) is 44.6 Å². The van der Waals surface area contributed by atoms with Crippen LogP contribution in [0, 0.1) is 0 Å². The summed E-state index contributed by atoms with van der Waals surface area (Å²) in [5.74, 6) is 0.574. The Morgan fingerprint density at radius 1 is 1.29 bits per heavy atom. The predicted octanol–water partition coefficient (Wildman–Crippen LogP) is 3.87. The second-order valence-corrected chi connectivity index (χ2v) is 9.69. The minimum Gasteiger partial charge on any atom is -0.461 e. The molecule has 1 rings (SSSR count). The molecule has 0 saturated heterocycles. The molecule has 17 heavy (non-hydrogen) atoms. The smallest absolute Gasteiger partial charge is 0.197 e. The van der Waals surface area contributed by atoms with Crippen LogP contribution in [0.1, 0.15) is 36.2 Å². The summed E-state index contributed by atoms with van der Waals surface area (Å²) < 4.78 is 10.8. The summed E-state index contributed by atoms with van der Waals surface area (Å²) in [6.45, 7) is 7.39. The van der Waals surface area contributed by atoms with Crippen LogP contribution in [-0.2, 0) is 4.43 Å². The molecule has 0 spiro atoms. The van der Waals surface area contributed by atoms with Crippen LogP contribution >= 0.6 is 0 Å². The zero-order valence-corrected chi connectivity index (χ0v) is 12.0. The van der Waals surface area contributed by atoms with Crippen molar-refractivity contribution < 1.29 is 13.6 Å². The zero-order valence-electron chi connectivity index (χ0n) is 11.0. The number of carbonyl (C=O) groups is 1. The Morgan fingerprint density at radius 2 is 2.06 bits per heavy atom. The normalized spacial score (nSPS) is 11.7. The topological polar surface area (TPSA) is 39.4 Å². The fourth-order valence-electron chi connectivity index (χ4n) is 1.50. The third-order valence-corrected chi connectivity index (χ3v) is 3.45. The Labute approximate surface area is 104 Å². The molecule has 0 unspecified atom stereocenters. The second-order valence-electron chi connectivity index (χ2n) is 5.17. The number of Topliss-reactive ketones (excluding diaryl/α,β-unsaturated/α-hetero) is 1. The van der Waals surface area contributed by atoms with Crippen molar-refractivity contribution in [2.45, 2.75) is 45.3 Å². The van der Waals surface area contributed by atoms with Crippen LogP contribution in [0.5, 0.6) is 0 Å². The number of hydrogen-bond donors (Lipinski definition) is 0. The van der Waals surface area contributed by atoms with Gasteiger partial charge in [-0.1, -0.05) is 6.42 Å². The van der Waals surface area contributed by atoms with Crippen molar-refractivity contribution in [1.29, 1.82) is 0 Å². The summed E-state index contributed by atoms with van der Waals surface area (Å²) in [6, 6.07) is 3.46. The minimum atomic E-state index is -1.36. The molecule has 0 aliphatic heterocycles. The quantitative estimate of drug-likeness (QED) is 0.401. The molecule has 0 amide bonds. The molecular weight excluding hydrogens is 232 g/mol. The van der Waals surface area contributed by atoms with Crippen LogP contribution in [0.3, 0.4) is 0 Å². The lowest BCUT2D eigenvalue weighted by Gasteiger charge is -2.16. The Bertz CT molecular complexity index is 325. The number of furan rings is 1. The summed E-state index contributed by atoms with van der Waals surface area (Å²) in [5.41, 5.74) is 0. The molecule has 0 aliphatic carbocycles. The molecule has 1 heterocycles. The summed E-state index contributed by atoms with van der Waals surface area (Å²) in [5, 5.41) is 0. The van der Waals surface area contributed by atoms with E-state index in [4.69, 9.17) is 8.84 Å². The van der Waals surface area contributed by atoms with E-state index in [0.29, 0.717) is 12.2 Å². The van der Waals surface area contributed by atoms with Gasteiger partial charge in [-0.15, -0.1) is 0 Å². The second kappa shape index (κ2) is 6.76. The molecule has 1 aromatic heterocycles. The average molecular weight is 254 g/mol. The van der Waals surface area contributed by atoms with Crippen LogP contribution in [0.2, 0.25) is 19.6 Å². The molecular formula is C13H22O3Si. The number of unbranched alkanes of at least 4 members (excludes halogenated alkanes) is 2. The molecule has 4 heteroatoms. The highest BCUT2D eigenvalue weighted by molar-refractivity contribution is 6.69. The van der Waals surface area contributed by atoms with Crippen LogP contribution < -0.4 is 0 Å². The first-order valence-electron chi connectivity index (χ1n) is 6.20. The van der Waals surface area contributed by atoms with E-state index in [0.717, 1.165) is 25.9 Å². The zero-order chi connectivity index (χ0) is 12.7. The third-order valence-electron chi connectivity index (χ3n) is 2.38. The van der Waals surface area contributed by atoms with Crippen molar-refractivity contribution >= 4 is 14.1 Å². The van der Waals surface area contributed by atoms with Gasteiger partial charge in [0.15, 0.2) is 19.9 Å². The monoisotopic (exact) mass is 254 g/mol. The van der Waals surface area contributed by atoms with Crippen LogP contribution in [-0.4, -0.2) is 20.7 Å². The van der Waals surface area contributed by atoms with Crippen LogP contribution in [0.4, 0.5) is 0 Å². The maximum Gasteiger partial charge on any atom is 0.197 e. The van der Waals surface area contributed by atoms with Crippen LogP contribution in [0.25, 0.3) is 0 Å².